The maximum atomic E-state index is 13.9. The lowest BCUT2D eigenvalue weighted by Crippen LogP contribution is -2.40. The first kappa shape index (κ1) is 27.3. The molecule has 9 heteroatoms. The van der Waals surface area contributed by atoms with Gasteiger partial charge in [0.2, 0.25) is 5.91 Å². The average molecular weight is 563 g/mol. The third-order valence-corrected chi connectivity index (χ3v) is 7.80. The van der Waals surface area contributed by atoms with E-state index in [0.29, 0.717) is 30.0 Å². The molecule has 0 fully saturated rings. The fraction of sp³-hybridized carbons (Fsp3) is 0.273. The highest BCUT2D eigenvalue weighted by Crippen LogP contribution is 2.49. The smallest absolute Gasteiger partial charge is 0.243 e. The topological polar surface area (TPSA) is 101 Å². The fourth-order valence-electron chi connectivity index (χ4n) is 5.99. The molecule has 1 unspecified atom stereocenters. The number of carbonyl (C=O) groups is 2. The number of anilines is 3. The molecule has 1 aromatic heterocycles. The Morgan fingerprint density at radius 2 is 1.81 bits per heavy atom. The molecule has 42 heavy (non-hydrogen) atoms. The van der Waals surface area contributed by atoms with Crippen molar-refractivity contribution >= 4 is 28.8 Å². The van der Waals surface area contributed by atoms with Crippen LogP contribution < -0.4 is 20.3 Å². The molecule has 9 nitrogen and oxygen atoms in total. The number of nitrogens with zero attached hydrogens (tertiary/aromatic N) is 4. The van der Waals surface area contributed by atoms with Crippen molar-refractivity contribution in [1.82, 2.24) is 14.8 Å². The summed E-state index contributed by atoms with van der Waals surface area (Å²) in [6, 6.07) is 22.8. The maximum absolute atomic E-state index is 13.9. The summed E-state index contributed by atoms with van der Waals surface area (Å²) in [7, 11) is 1.63. The van der Waals surface area contributed by atoms with Gasteiger partial charge < -0.3 is 20.3 Å². The van der Waals surface area contributed by atoms with Gasteiger partial charge in [0.25, 0.3) is 0 Å². The molecule has 2 heterocycles. The summed E-state index contributed by atoms with van der Waals surface area (Å²) in [6.07, 6.45) is 4.32. The monoisotopic (exact) mass is 562 g/mol. The number of hydrogen-bond acceptors (Lipinski definition) is 7. The Labute approximate surface area is 245 Å². The largest absolute Gasteiger partial charge is 0.496 e. The second kappa shape index (κ2) is 11.2. The molecule has 1 atom stereocenters. The zero-order valence-electron chi connectivity index (χ0n) is 24.0. The number of hydrogen-bond donors (Lipinski definition) is 2. The highest BCUT2D eigenvalue weighted by molar-refractivity contribution is 6.02. The van der Waals surface area contributed by atoms with Crippen LogP contribution in [0, 0.1) is 5.41 Å². The number of aromatic nitrogens is 3. The van der Waals surface area contributed by atoms with Gasteiger partial charge in [-0.25, -0.2) is 9.67 Å². The molecule has 6 rings (SSSR count). The number of rotatable bonds is 7. The summed E-state index contributed by atoms with van der Waals surface area (Å²) in [4.78, 5) is 33.6. The zero-order valence-corrected chi connectivity index (χ0v) is 24.0. The quantitative estimate of drug-likeness (QED) is 0.303. The lowest BCUT2D eigenvalue weighted by atomic mass is 9.73. The zero-order chi connectivity index (χ0) is 29.3. The average Bonchev–Trinajstić information content (AvgIpc) is 3.43. The van der Waals surface area contributed by atoms with Crippen LogP contribution >= 0.6 is 0 Å². The van der Waals surface area contributed by atoms with E-state index in [1.807, 2.05) is 77.7 Å². The highest BCUT2D eigenvalue weighted by atomic mass is 16.5. The number of amides is 1. The van der Waals surface area contributed by atoms with Crippen molar-refractivity contribution in [1.29, 1.82) is 0 Å². The van der Waals surface area contributed by atoms with Crippen molar-refractivity contribution in [2.45, 2.75) is 39.3 Å². The molecular formula is C33H34N6O3. The molecule has 2 aliphatic rings. The van der Waals surface area contributed by atoms with Crippen molar-refractivity contribution in [3.63, 3.8) is 0 Å². The molecule has 2 N–H and O–H groups in total. The van der Waals surface area contributed by atoms with Gasteiger partial charge in [0.1, 0.15) is 18.4 Å². The molecule has 4 aromatic rings. The highest BCUT2D eigenvalue weighted by Gasteiger charge is 2.42. The molecule has 0 bridgehead atoms. The van der Waals surface area contributed by atoms with Crippen molar-refractivity contribution in [2.75, 3.05) is 29.2 Å². The van der Waals surface area contributed by atoms with E-state index >= 15 is 0 Å². The number of para-hydroxylation sites is 3. The van der Waals surface area contributed by atoms with Crippen LogP contribution in [0.25, 0.3) is 0 Å². The lowest BCUT2D eigenvalue weighted by Gasteiger charge is -2.38. The molecule has 1 aliphatic heterocycles. The summed E-state index contributed by atoms with van der Waals surface area (Å²) >= 11 is 0. The molecule has 1 amide bonds. The molecule has 0 saturated heterocycles. The number of carbonyl (C=O) groups excluding carboxylic acids is 2. The molecule has 1 aliphatic carbocycles. The second-order valence-electron chi connectivity index (χ2n) is 11.6. The molecule has 214 valence electrons. The minimum Gasteiger partial charge on any atom is -0.496 e. The van der Waals surface area contributed by atoms with Crippen LogP contribution in [0.1, 0.15) is 43.9 Å². The van der Waals surface area contributed by atoms with Crippen LogP contribution in [0.4, 0.5) is 17.1 Å². The lowest BCUT2D eigenvalue weighted by molar-refractivity contribution is -0.119. The van der Waals surface area contributed by atoms with Crippen molar-refractivity contribution in [3.8, 4) is 5.75 Å². The Balaban J connectivity index is 1.37. The summed E-state index contributed by atoms with van der Waals surface area (Å²) in [5.74, 6) is 0.548. The van der Waals surface area contributed by atoms with Gasteiger partial charge in [0, 0.05) is 28.9 Å². The van der Waals surface area contributed by atoms with Gasteiger partial charge in [-0.15, -0.1) is 0 Å². The Bertz CT molecular complexity index is 1640. The van der Waals surface area contributed by atoms with Crippen LogP contribution in [0.5, 0.6) is 5.75 Å². The van der Waals surface area contributed by atoms with Gasteiger partial charge in [-0.2, -0.15) is 5.10 Å². The van der Waals surface area contributed by atoms with E-state index in [2.05, 4.69) is 34.6 Å². The maximum Gasteiger partial charge on any atom is 0.243 e. The van der Waals surface area contributed by atoms with Gasteiger partial charge in [0.15, 0.2) is 5.78 Å². The first-order chi connectivity index (χ1) is 20.3. The third kappa shape index (κ3) is 5.50. The van der Waals surface area contributed by atoms with Gasteiger partial charge in [-0.05, 0) is 47.7 Å². The van der Waals surface area contributed by atoms with Crippen LogP contribution in [0.15, 0.2) is 96.7 Å². The fourth-order valence-corrected chi connectivity index (χ4v) is 5.99. The van der Waals surface area contributed by atoms with E-state index in [4.69, 9.17) is 4.74 Å². The predicted octanol–water partition coefficient (Wildman–Crippen LogP) is 5.59. The van der Waals surface area contributed by atoms with E-state index in [-0.39, 0.29) is 23.7 Å². The van der Waals surface area contributed by atoms with E-state index in [1.54, 1.807) is 18.1 Å². The van der Waals surface area contributed by atoms with Crippen molar-refractivity contribution < 1.29 is 14.3 Å². The summed E-state index contributed by atoms with van der Waals surface area (Å²) in [5, 5.41) is 10.8. The summed E-state index contributed by atoms with van der Waals surface area (Å²) < 4.78 is 7.53. The Kier molecular flexibility index (Phi) is 7.24. The normalized spacial score (nSPS) is 17.5. The Morgan fingerprint density at radius 3 is 2.57 bits per heavy atom. The third-order valence-electron chi connectivity index (χ3n) is 7.80. The number of Topliss-reactive ketones (excluding diaryl/α,β-unsaturated/α-hetero) is 1. The van der Waals surface area contributed by atoms with E-state index in [1.165, 1.54) is 6.33 Å². The summed E-state index contributed by atoms with van der Waals surface area (Å²) in [5.41, 5.74) is 5.66. The number of nitrogens with one attached hydrogen (secondary N) is 2. The minimum atomic E-state index is -0.522. The number of ketones is 1. The summed E-state index contributed by atoms with van der Waals surface area (Å²) in [6.45, 7) is 4.85. The van der Waals surface area contributed by atoms with Crippen LogP contribution in [0.3, 0.4) is 0 Å². The number of methoxy groups -OCH3 is 1. The Hall–Kier alpha value is -4.92. The van der Waals surface area contributed by atoms with Crippen LogP contribution in [0.2, 0.25) is 0 Å². The van der Waals surface area contributed by atoms with E-state index in [0.717, 1.165) is 34.6 Å². The van der Waals surface area contributed by atoms with E-state index < -0.39 is 6.04 Å². The van der Waals surface area contributed by atoms with Crippen molar-refractivity contribution in [3.05, 3.63) is 108 Å². The molecule has 0 radical (unpaired) electrons. The molecule has 0 saturated carbocycles. The minimum absolute atomic E-state index is 0.0234. The van der Waals surface area contributed by atoms with E-state index in [9.17, 15) is 9.59 Å². The number of benzene rings is 3. The predicted molar refractivity (Wildman–Crippen MR) is 162 cm³/mol. The van der Waals surface area contributed by atoms with Gasteiger partial charge >= 0.3 is 0 Å². The first-order valence-electron chi connectivity index (χ1n) is 14.0. The second-order valence-corrected chi connectivity index (χ2v) is 11.6. The first-order valence-corrected chi connectivity index (χ1v) is 14.0. The van der Waals surface area contributed by atoms with Gasteiger partial charge in [-0.3, -0.25) is 9.59 Å². The standard InChI is InChI=1S/C33H34N6O3/c1-33(2)16-26-31(28(40)17-33)32(24-8-4-7-11-29(24)42-3)39(27-10-6-5-9-25(27)37-26)19-30(41)36-23-14-12-22(13-15-23)18-38-21-34-20-35-38/h4-15,20-21,32,37H,16-19H2,1-3H3,(H,36,41). The number of allylic oxidation sites excluding steroid dienone is 1. The molecule has 0 spiro atoms. The van der Waals surface area contributed by atoms with Crippen LogP contribution in [-0.4, -0.2) is 40.1 Å². The van der Waals surface area contributed by atoms with Crippen molar-refractivity contribution in [2.24, 2.45) is 5.41 Å². The number of ether oxygens (including phenoxy) is 1. The van der Waals surface area contributed by atoms with Gasteiger partial charge in [-0.1, -0.05) is 56.3 Å². The Morgan fingerprint density at radius 1 is 1.05 bits per heavy atom. The van der Waals surface area contributed by atoms with Gasteiger partial charge in [0.05, 0.1) is 37.6 Å². The molecular weight excluding hydrogens is 528 g/mol. The number of fused-ring (bicyclic) bond motifs is 1. The molecule has 3 aromatic carbocycles. The SMILES string of the molecule is COc1ccccc1C1C2=C(CC(C)(C)CC2=O)Nc2ccccc2N1CC(=O)Nc1ccc(Cn2cncn2)cc1. The van der Waals surface area contributed by atoms with Crippen LogP contribution in [-0.2, 0) is 16.1 Å².